The molecule has 0 atom stereocenters. The molecule has 0 bridgehead atoms. The quantitative estimate of drug-likeness (QED) is 0.572. The van der Waals surface area contributed by atoms with Crippen molar-refractivity contribution in [2.75, 3.05) is 0 Å². The molecule has 2 rings (SSSR count). The fourth-order valence-corrected chi connectivity index (χ4v) is 1.13. The Morgan fingerprint density at radius 3 is 3.18 bits per heavy atom. The van der Waals surface area contributed by atoms with Gasteiger partial charge in [0.1, 0.15) is 0 Å². The molecule has 0 spiro atoms. The van der Waals surface area contributed by atoms with Gasteiger partial charge in [-0.25, -0.2) is 4.98 Å². The largest absolute Gasteiger partial charge is 0.360 e. The maximum atomic E-state index is 12.6. The predicted molar refractivity (Wildman–Crippen MR) is 40.8 cm³/mol. The summed E-state index contributed by atoms with van der Waals surface area (Å²) < 4.78 is 12.6. The molecule has 1 N–H and O–H groups in total. The van der Waals surface area contributed by atoms with E-state index in [9.17, 15) is 4.39 Å². The topological polar surface area (TPSA) is 28.7 Å². The lowest BCUT2D eigenvalue weighted by molar-refractivity contribution is 0.586. The summed E-state index contributed by atoms with van der Waals surface area (Å²) in [5.74, 6) is -0.430. The van der Waals surface area contributed by atoms with Gasteiger partial charge >= 0.3 is 0 Å². The molecule has 2 heterocycles. The summed E-state index contributed by atoms with van der Waals surface area (Å²) in [5, 5.41) is 0.900. The lowest BCUT2D eigenvalue weighted by Gasteiger charge is -1.89. The van der Waals surface area contributed by atoms with E-state index in [1.165, 1.54) is 12.3 Å². The Morgan fingerprint density at radius 2 is 2.36 bits per heavy atom. The summed E-state index contributed by atoms with van der Waals surface area (Å²) >= 11 is 0. The van der Waals surface area contributed by atoms with Gasteiger partial charge in [-0.3, -0.25) is 0 Å². The van der Waals surface area contributed by atoms with E-state index in [0.717, 1.165) is 16.5 Å². The van der Waals surface area contributed by atoms with E-state index in [-0.39, 0.29) is 0 Å². The number of nitrogens with one attached hydrogen (secondary N) is 1. The second-order valence-corrected chi connectivity index (χ2v) is 2.52. The third kappa shape index (κ3) is 0.888. The number of aryl methyl sites for hydroxylation is 1. The molecular formula is C8H7FN2. The first-order chi connectivity index (χ1) is 5.27. The van der Waals surface area contributed by atoms with Crippen molar-refractivity contribution in [2.45, 2.75) is 6.92 Å². The summed E-state index contributed by atoms with van der Waals surface area (Å²) in [4.78, 5) is 6.51. The summed E-state index contributed by atoms with van der Waals surface area (Å²) in [6.45, 7) is 1.93. The molecule has 0 saturated carbocycles. The van der Waals surface area contributed by atoms with Gasteiger partial charge in [0.2, 0.25) is 5.95 Å². The number of hydrogen-bond donors (Lipinski definition) is 1. The first-order valence-corrected chi connectivity index (χ1v) is 3.36. The highest BCUT2D eigenvalue weighted by molar-refractivity contribution is 5.81. The van der Waals surface area contributed by atoms with E-state index >= 15 is 0 Å². The van der Waals surface area contributed by atoms with Crippen LogP contribution in [0, 0.1) is 12.9 Å². The van der Waals surface area contributed by atoms with Crippen LogP contribution in [0.2, 0.25) is 0 Å². The lowest BCUT2D eigenvalue weighted by Crippen LogP contribution is -1.79. The molecule has 0 aromatic carbocycles. The number of rotatable bonds is 0. The SMILES string of the molecule is Cc1c[nH]c2cnc(F)cc12. The number of nitrogens with zero attached hydrogens (tertiary/aromatic N) is 1. The highest BCUT2D eigenvalue weighted by atomic mass is 19.1. The molecule has 2 nitrogen and oxygen atoms in total. The van der Waals surface area contributed by atoms with Gasteiger partial charge in [-0.15, -0.1) is 0 Å². The average Bonchev–Trinajstić information content (AvgIpc) is 2.33. The fourth-order valence-electron chi connectivity index (χ4n) is 1.13. The normalized spacial score (nSPS) is 10.7. The molecule has 0 aliphatic rings. The molecule has 0 aliphatic carbocycles. The van der Waals surface area contributed by atoms with Crippen molar-refractivity contribution in [3.05, 3.63) is 30.0 Å². The Hall–Kier alpha value is -1.38. The van der Waals surface area contributed by atoms with Crippen LogP contribution < -0.4 is 0 Å². The van der Waals surface area contributed by atoms with Crippen molar-refractivity contribution < 1.29 is 4.39 Å². The molecular weight excluding hydrogens is 143 g/mol. The first-order valence-electron chi connectivity index (χ1n) is 3.36. The van der Waals surface area contributed by atoms with Gasteiger partial charge in [-0.2, -0.15) is 4.39 Å². The van der Waals surface area contributed by atoms with Gasteiger partial charge in [-0.1, -0.05) is 0 Å². The number of fused-ring (bicyclic) bond motifs is 1. The van der Waals surface area contributed by atoms with Gasteiger partial charge in [0.25, 0.3) is 0 Å². The lowest BCUT2D eigenvalue weighted by atomic mass is 10.2. The minimum Gasteiger partial charge on any atom is -0.360 e. The molecule has 0 saturated heterocycles. The van der Waals surface area contributed by atoms with Crippen molar-refractivity contribution >= 4 is 10.9 Å². The van der Waals surface area contributed by atoms with Crippen LogP contribution >= 0.6 is 0 Å². The third-order valence-electron chi connectivity index (χ3n) is 1.74. The van der Waals surface area contributed by atoms with Crippen LogP contribution in [-0.2, 0) is 0 Å². The fraction of sp³-hybridized carbons (Fsp3) is 0.125. The monoisotopic (exact) mass is 150 g/mol. The van der Waals surface area contributed by atoms with Gasteiger partial charge < -0.3 is 4.98 Å². The van der Waals surface area contributed by atoms with Gasteiger partial charge in [-0.05, 0) is 12.5 Å². The van der Waals surface area contributed by atoms with E-state index < -0.39 is 5.95 Å². The summed E-state index contributed by atoms with van der Waals surface area (Å²) in [7, 11) is 0. The zero-order valence-corrected chi connectivity index (χ0v) is 6.06. The number of H-pyrrole nitrogens is 1. The van der Waals surface area contributed by atoms with Crippen LogP contribution in [0.3, 0.4) is 0 Å². The van der Waals surface area contributed by atoms with Crippen molar-refractivity contribution in [1.29, 1.82) is 0 Å². The summed E-state index contributed by atoms with van der Waals surface area (Å²) in [5.41, 5.74) is 1.92. The standard InChI is InChI=1S/C8H7FN2/c1-5-3-10-7-4-11-8(9)2-6(5)7/h2-4,10H,1H3. The van der Waals surface area contributed by atoms with Crippen LogP contribution in [-0.4, -0.2) is 9.97 Å². The van der Waals surface area contributed by atoms with E-state index in [4.69, 9.17) is 0 Å². The average molecular weight is 150 g/mol. The Labute approximate surface area is 63.1 Å². The third-order valence-corrected chi connectivity index (χ3v) is 1.74. The molecule has 56 valence electrons. The number of pyridine rings is 1. The molecule has 3 heteroatoms. The van der Waals surface area contributed by atoms with Crippen molar-refractivity contribution in [3.63, 3.8) is 0 Å². The van der Waals surface area contributed by atoms with E-state index in [1.54, 1.807) is 0 Å². The molecule has 0 fully saturated rings. The molecule has 0 unspecified atom stereocenters. The minimum absolute atomic E-state index is 0.430. The maximum absolute atomic E-state index is 12.6. The predicted octanol–water partition coefficient (Wildman–Crippen LogP) is 2.01. The molecule has 0 aliphatic heterocycles. The van der Waals surface area contributed by atoms with Crippen molar-refractivity contribution in [1.82, 2.24) is 9.97 Å². The van der Waals surface area contributed by atoms with E-state index in [1.807, 2.05) is 13.1 Å². The van der Waals surface area contributed by atoms with Crippen LogP contribution in [0.25, 0.3) is 10.9 Å². The number of aromatic amines is 1. The molecule has 2 aromatic heterocycles. The van der Waals surface area contributed by atoms with Crippen molar-refractivity contribution in [3.8, 4) is 0 Å². The summed E-state index contributed by atoms with van der Waals surface area (Å²) in [6.07, 6.45) is 3.34. The Balaban J connectivity index is 2.87. The zero-order chi connectivity index (χ0) is 7.84. The van der Waals surface area contributed by atoms with Gasteiger partial charge in [0.15, 0.2) is 0 Å². The van der Waals surface area contributed by atoms with Crippen LogP contribution in [0.5, 0.6) is 0 Å². The Kier molecular flexibility index (Phi) is 1.18. The van der Waals surface area contributed by atoms with E-state index in [2.05, 4.69) is 9.97 Å². The number of halogens is 1. The molecule has 11 heavy (non-hydrogen) atoms. The molecule has 2 aromatic rings. The second-order valence-electron chi connectivity index (χ2n) is 2.52. The highest BCUT2D eigenvalue weighted by Crippen LogP contribution is 2.15. The minimum atomic E-state index is -0.430. The number of hydrogen-bond acceptors (Lipinski definition) is 1. The molecule has 0 radical (unpaired) electrons. The van der Waals surface area contributed by atoms with Crippen molar-refractivity contribution in [2.24, 2.45) is 0 Å². The Bertz CT molecular complexity index is 392. The zero-order valence-electron chi connectivity index (χ0n) is 6.06. The highest BCUT2D eigenvalue weighted by Gasteiger charge is 2.00. The smallest absolute Gasteiger partial charge is 0.213 e. The maximum Gasteiger partial charge on any atom is 0.213 e. The Morgan fingerprint density at radius 1 is 1.55 bits per heavy atom. The number of aromatic nitrogens is 2. The van der Waals surface area contributed by atoms with Crippen LogP contribution in [0.4, 0.5) is 4.39 Å². The molecule has 0 amide bonds. The first kappa shape index (κ1) is 6.34. The van der Waals surface area contributed by atoms with Crippen LogP contribution in [0.15, 0.2) is 18.5 Å². The second kappa shape index (κ2) is 2.05. The summed E-state index contributed by atoms with van der Waals surface area (Å²) in [6, 6.07) is 1.43. The van der Waals surface area contributed by atoms with Gasteiger partial charge in [0.05, 0.1) is 11.7 Å². The van der Waals surface area contributed by atoms with Crippen LogP contribution in [0.1, 0.15) is 5.56 Å². The van der Waals surface area contributed by atoms with Gasteiger partial charge in [0, 0.05) is 17.6 Å². The van der Waals surface area contributed by atoms with E-state index in [0.29, 0.717) is 0 Å².